The number of halogens is 1. The Morgan fingerprint density at radius 3 is 2.27 bits per heavy atom. The molecule has 0 spiro atoms. The standard InChI is InChI=1S/C19H23ClN2O3S/c1-13-5-6-16(11-14(13)2)15(3)21-19(23)12-22(26(4,24)25)18-9-7-17(20)8-10-18/h5-11,15H,12H2,1-4H3,(H,21,23). The van der Waals surface area contributed by atoms with Gasteiger partial charge in [-0.1, -0.05) is 29.8 Å². The third-order valence-electron chi connectivity index (χ3n) is 4.21. The van der Waals surface area contributed by atoms with Crippen molar-refractivity contribution in [3.05, 3.63) is 64.2 Å². The van der Waals surface area contributed by atoms with E-state index in [0.717, 1.165) is 21.7 Å². The number of rotatable bonds is 6. The van der Waals surface area contributed by atoms with Gasteiger partial charge in [0.1, 0.15) is 6.54 Å². The molecule has 1 unspecified atom stereocenters. The number of amides is 1. The van der Waals surface area contributed by atoms with Crippen LogP contribution in [0.25, 0.3) is 0 Å². The molecule has 0 saturated heterocycles. The van der Waals surface area contributed by atoms with Gasteiger partial charge in [-0.3, -0.25) is 9.10 Å². The maximum absolute atomic E-state index is 12.4. The summed E-state index contributed by atoms with van der Waals surface area (Å²) in [6, 6.07) is 12.1. The van der Waals surface area contributed by atoms with Crippen molar-refractivity contribution in [3.63, 3.8) is 0 Å². The molecule has 7 heteroatoms. The lowest BCUT2D eigenvalue weighted by Gasteiger charge is -2.23. The predicted octanol–water partition coefficient (Wildman–Crippen LogP) is 3.60. The number of sulfonamides is 1. The summed E-state index contributed by atoms with van der Waals surface area (Å²) in [6.07, 6.45) is 1.07. The Hall–Kier alpha value is -2.05. The highest BCUT2D eigenvalue weighted by atomic mass is 35.5. The number of anilines is 1. The molecule has 140 valence electrons. The number of carbonyl (C=O) groups excluding carboxylic acids is 1. The van der Waals surface area contributed by atoms with Gasteiger partial charge in [-0.2, -0.15) is 0 Å². The Labute approximate surface area is 160 Å². The molecule has 26 heavy (non-hydrogen) atoms. The maximum Gasteiger partial charge on any atom is 0.241 e. The van der Waals surface area contributed by atoms with E-state index in [1.54, 1.807) is 24.3 Å². The number of aryl methyl sites for hydroxylation is 2. The van der Waals surface area contributed by atoms with Crippen LogP contribution in [0.3, 0.4) is 0 Å². The van der Waals surface area contributed by atoms with Crippen LogP contribution in [0.5, 0.6) is 0 Å². The molecule has 2 aromatic carbocycles. The summed E-state index contributed by atoms with van der Waals surface area (Å²) in [5.74, 6) is -0.379. The van der Waals surface area contributed by atoms with Gasteiger partial charge < -0.3 is 5.32 Å². The summed E-state index contributed by atoms with van der Waals surface area (Å²) >= 11 is 5.85. The third-order valence-corrected chi connectivity index (χ3v) is 5.60. The number of hydrogen-bond acceptors (Lipinski definition) is 3. The summed E-state index contributed by atoms with van der Waals surface area (Å²) < 4.78 is 25.3. The molecule has 1 N–H and O–H groups in total. The smallest absolute Gasteiger partial charge is 0.241 e. The molecule has 2 rings (SSSR count). The molecule has 0 bridgehead atoms. The zero-order valence-corrected chi connectivity index (χ0v) is 16.9. The van der Waals surface area contributed by atoms with Gasteiger partial charge in [0, 0.05) is 5.02 Å². The Bertz CT molecular complexity index is 896. The van der Waals surface area contributed by atoms with Gasteiger partial charge in [0.2, 0.25) is 15.9 Å². The monoisotopic (exact) mass is 394 g/mol. The number of nitrogens with one attached hydrogen (secondary N) is 1. The Balaban J connectivity index is 2.14. The van der Waals surface area contributed by atoms with E-state index in [1.165, 1.54) is 5.56 Å². The van der Waals surface area contributed by atoms with Crippen molar-refractivity contribution in [1.29, 1.82) is 0 Å². The van der Waals surface area contributed by atoms with Crippen molar-refractivity contribution in [3.8, 4) is 0 Å². The molecule has 0 aliphatic carbocycles. The highest BCUT2D eigenvalue weighted by molar-refractivity contribution is 7.92. The van der Waals surface area contributed by atoms with Crippen LogP contribution in [0.4, 0.5) is 5.69 Å². The van der Waals surface area contributed by atoms with Gasteiger partial charge in [-0.25, -0.2) is 8.42 Å². The zero-order valence-electron chi connectivity index (χ0n) is 15.3. The van der Waals surface area contributed by atoms with Crippen LogP contribution in [0, 0.1) is 13.8 Å². The second-order valence-electron chi connectivity index (χ2n) is 6.38. The van der Waals surface area contributed by atoms with Crippen LogP contribution in [0.15, 0.2) is 42.5 Å². The summed E-state index contributed by atoms with van der Waals surface area (Å²) in [5, 5.41) is 3.35. The van der Waals surface area contributed by atoms with Crippen LogP contribution in [0.1, 0.15) is 29.7 Å². The summed E-state index contributed by atoms with van der Waals surface area (Å²) in [4.78, 5) is 12.4. The first-order valence-corrected chi connectivity index (χ1v) is 10.4. The predicted molar refractivity (Wildman–Crippen MR) is 106 cm³/mol. The molecule has 1 atom stereocenters. The van der Waals surface area contributed by atoms with Gasteiger partial charge in [-0.05, 0) is 61.7 Å². The molecule has 5 nitrogen and oxygen atoms in total. The number of nitrogens with zero attached hydrogens (tertiary/aromatic N) is 1. The number of benzene rings is 2. The van der Waals surface area contributed by atoms with Crippen LogP contribution in [-0.2, 0) is 14.8 Å². The van der Waals surface area contributed by atoms with Crippen molar-refractivity contribution >= 4 is 33.2 Å². The minimum absolute atomic E-state index is 0.228. The van der Waals surface area contributed by atoms with Crippen LogP contribution < -0.4 is 9.62 Å². The topological polar surface area (TPSA) is 66.5 Å². The fourth-order valence-electron chi connectivity index (χ4n) is 2.54. The first-order valence-electron chi connectivity index (χ1n) is 8.17. The van der Waals surface area contributed by atoms with Gasteiger partial charge in [-0.15, -0.1) is 0 Å². The molecule has 0 fully saturated rings. The molecule has 2 aromatic rings. The van der Waals surface area contributed by atoms with Crippen LogP contribution >= 0.6 is 11.6 Å². The van der Waals surface area contributed by atoms with E-state index in [0.29, 0.717) is 10.7 Å². The second kappa shape index (κ2) is 8.10. The minimum Gasteiger partial charge on any atom is -0.348 e. The molecule has 0 aromatic heterocycles. The highest BCUT2D eigenvalue weighted by Crippen LogP contribution is 2.21. The molecular formula is C19H23ClN2O3S. The lowest BCUT2D eigenvalue weighted by molar-refractivity contribution is -0.120. The van der Waals surface area contributed by atoms with Gasteiger partial charge >= 0.3 is 0 Å². The van der Waals surface area contributed by atoms with Crippen molar-refractivity contribution in [2.75, 3.05) is 17.1 Å². The largest absolute Gasteiger partial charge is 0.348 e. The average molecular weight is 395 g/mol. The maximum atomic E-state index is 12.4. The SMILES string of the molecule is Cc1ccc(C(C)NC(=O)CN(c2ccc(Cl)cc2)S(C)(=O)=O)cc1C. The molecule has 0 aliphatic rings. The zero-order chi connectivity index (χ0) is 19.5. The van der Waals surface area contributed by atoms with Crippen molar-refractivity contribution < 1.29 is 13.2 Å². The van der Waals surface area contributed by atoms with E-state index in [1.807, 2.05) is 39.0 Å². The Morgan fingerprint density at radius 2 is 1.73 bits per heavy atom. The van der Waals surface area contributed by atoms with E-state index in [2.05, 4.69) is 5.32 Å². The summed E-state index contributed by atoms with van der Waals surface area (Å²) in [7, 11) is -3.61. The van der Waals surface area contributed by atoms with Gasteiger partial charge in [0.05, 0.1) is 18.0 Å². The van der Waals surface area contributed by atoms with Gasteiger partial charge in [0.15, 0.2) is 0 Å². The van der Waals surface area contributed by atoms with E-state index in [4.69, 9.17) is 11.6 Å². The minimum atomic E-state index is -3.61. The Morgan fingerprint density at radius 1 is 1.12 bits per heavy atom. The first kappa shape index (κ1) is 20.3. The fourth-order valence-corrected chi connectivity index (χ4v) is 3.52. The highest BCUT2D eigenvalue weighted by Gasteiger charge is 2.22. The van der Waals surface area contributed by atoms with E-state index in [9.17, 15) is 13.2 Å². The van der Waals surface area contributed by atoms with Gasteiger partial charge in [0.25, 0.3) is 0 Å². The normalized spacial score (nSPS) is 12.5. The van der Waals surface area contributed by atoms with E-state index in [-0.39, 0.29) is 18.5 Å². The quantitative estimate of drug-likeness (QED) is 0.813. The van der Waals surface area contributed by atoms with Crippen molar-refractivity contribution in [2.24, 2.45) is 0 Å². The summed E-state index contributed by atoms with van der Waals surface area (Å²) in [6.45, 7) is 5.61. The van der Waals surface area contributed by atoms with Crippen molar-refractivity contribution in [2.45, 2.75) is 26.8 Å². The second-order valence-corrected chi connectivity index (χ2v) is 8.72. The summed E-state index contributed by atoms with van der Waals surface area (Å²) in [5.41, 5.74) is 3.69. The number of carbonyl (C=O) groups is 1. The average Bonchev–Trinajstić information content (AvgIpc) is 2.55. The third kappa shape index (κ3) is 5.22. The molecule has 1 amide bonds. The van der Waals surface area contributed by atoms with Crippen LogP contribution in [-0.4, -0.2) is 27.1 Å². The molecule has 0 aliphatic heterocycles. The molecule has 0 saturated carbocycles. The van der Waals surface area contributed by atoms with E-state index < -0.39 is 10.0 Å². The lowest BCUT2D eigenvalue weighted by Crippen LogP contribution is -2.41. The van der Waals surface area contributed by atoms with Crippen LogP contribution in [0.2, 0.25) is 5.02 Å². The lowest BCUT2D eigenvalue weighted by atomic mass is 10.0. The number of hydrogen-bond donors (Lipinski definition) is 1. The first-order chi connectivity index (χ1) is 12.1. The molecular weight excluding hydrogens is 372 g/mol. The molecule has 0 radical (unpaired) electrons. The molecule has 0 heterocycles. The fraction of sp³-hybridized carbons (Fsp3) is 0.316. The Kier molecular flexibility index (Phi) is 6.31. The van der Waals surface area contributed by atoms with Crippen molar-refractivity contribution in [1.82, 2.24) is 5.32 Å². The van der Waals surface area contributed by atoms with E-state index >= 15 is 0 Å².